The van der Waals surface area contributed by atoms with Crippen LogP contribution in [0.1, 0.15) is 30.7 Å². The molecule has 2 fully saturated rings. The van der Waals surface area contributed by atoms with Crippen LogP contribution in [0.5, 0.6) is 0 Å². The Kier molecular flexibility index (Phi) is 5.41. The van der Waals surface area contributed by atoms with E-state index in [-0.39, 0.29) is 23.2 Å². The van der Waals surface area contributed by atoms with Gasteiger partial charge < -0.3 is 9.47 Å². The van der Waals surface area contributed by atoms with Crippen molar-refractivity contribution in [2.24, 2.45) is 13.0 Å². The highest BCUT2D eigenvalue weighted by molar-refractivity contribution is 7.91. The molecule has 0 spiro atoms. The highest BCUT2D eigenvalue weighted by Gasteiger charge is 2.34. The smallest absolute Gasteiger partial charge is 0.202 e. The number of halogens is 1. The molecule has 2 atom stereocenters. The molecule has 1 aliphatic carbocycles. The van der Waals surface area contributed by atoms with Crippen LogP contribution in [-0.4, -0.2) is 40.3 Å². The van der Waals surface area contributed by atoms with Gasteiger partial charge in [0.25, 0.3) is 0 Å². The molecule has 0 bridgehead atoms. The molecule has 1 saturated heterocycles. The molecule has 6 nitrogen and oxygen atoms in total. The summed E-state index contributed by atoms with van der Waals surface area (Å²) in [5, 5.41) is 4.73. The fraction of sp³-hybridized carbons (Fsp3) is 0.579. The highest BCUT2D eigenvalue weighted by Crippen LogP contribution is 2.22. The second-order valence-corrected chi connectivity index (χ2v) is 10.7. The zero-order valence-electron chi connectivity index (χ0n) is 16.0. The standard InChI is InChI=1S/C19H25FN4O2S2/c1-22-18(10-15-8-9-28(25,26)12-15)21-24(19(22)27)13-23(17-6-7-17)11-14-2-4-16(20)5-3-14/h2-5,15,17H,6-13H2,1H3/p+1/t15-/m0/s1. The first kappa shape index (κ1) is 19.7. The van der Waals surface area contributed by atoms with Gasteiger partial charge in [-0.2, -0.15) is 9.78 Å². The molecule has 1 aromatic carbocycles. The predicted molar refractivity (Wildman–Crippen MR) is 107 cm³/mol. The average molecular weight is 426 g/mol. The highest BCUT2D eigenvalue weighted by atomic mass is 32.2. The minimum Gasteiger partial charge on any atom is -0.310 e. The van der Waals surface area contributed by atoms with Crippen molar-refractivity contribution in [1.29, 1.82) is 0 Å². The van der Waals surface area contributed by atoms with E-state index >= 15 is 0 Å². The van der Waals surface area contributed by atoms with Crippen LogP contribution in [0.4, 0.5) is 4.39 Å². The minimum atomic E-state index is -2.89. The van der Waals surface area contributed by atoms with Gasteiger partial charge in [-0.1, -0.05) is 12.1 Å². The topological polar surface area (TPSA) is 61.3 Å². The Morgan fingerprint density at radius 3 is 2.57 bits per heavy atom. The fourth-order valence-corrected chi connectivity index (χ4v) is 6.06. The lowest BCUT2D eigenvalue weighted by atomic mass is 10.1. The summed E-state index contributed by atoms with van der Waals surface area (Å²) in [5.74, 6) is 1.28. The second kappa shape index (κ2) is 7.68. The van der Waals surface area contributed by atoms with E-state index in [2.05, 4.69) is 0 Å². The van der Waals surface area contributed by atoms with Gasteiger partial charge in [-0.25, -0.2) is 12.8 Å². The SMILES string of the molecule is Cn1c(C[C@@H]2CCS(=O)(=O)C2)nn(C[NH+](Cc2ccc(F)cc2)C2CC2)c1=S. The first-order valence-electron chi connectivity index (χ1n) is 9.73. The van der Waals surface area contributed by atoms with Gasteiger partial charge in [0.1, 0.15) is 18.2 Å². The molecule has 0 radical (unpaired) electrons. The molecule has 2 aliphatic rings. The van der Waals surface area contributed by atoms with Crippen molar-refractivity contribution in [2.75, 3.05) is 11.5 Å². The van der Waals surface area contributed by atoms with Gasteiger partial charge >= 0.3 is 0 Å². The van der Waals surface area contributed by atoms with E-state index in [9.17, 15) is 12.8 Å². The molecular formula is C19H26FN4O2S2+. The summed E-state index contributed by atoms with van der Waals surface area (Å²) < 4.78 is 41.1. The molecule has 2 aromatic rings. The van der Waals surface area contributed by atoms with Crippen LogP contribution >= 0.6 is 12.2 Å². The van der Waals surface area contributed by atoms with Crippen molar-refractivity contribution >= 4 is 22.1 Å². The van der Waals surface area contributed by atoms with E-state index in [0.29, 0.717) is 30.3 Å². The third-order valence-electron chi connectivity index (χ3n) is 5.78. The molecule has 1 aromatic heterocycles. The molecule has 152 valence electrons. The van der Waals surface area contributed by atoms with E-state index < -0.39 is 9.84 Å². The number of hydrogen-bond donors (Lipinski definition) is 1. The van der Waals surface area contributed by atoms with Crippen molar-refractivity contribution in [3.8, 4) is 0 Å². The number of rotatable bonds is 7. The van der Waals surface area contributed by atoms with Crippen molar-refractivity contribution in [1.82, 2.24) is 14.3 Å². The van der Waals surface area contributed by atoms with Crippen LogP contribution < -0.4 is 4.90 Å². The summed E-state index contributed by atoms with van der Waals surface area (Å²) in [6.07, 6.45) is 3.71. The summed E-state index contributed by atoms with van der Waals surface area (Å²) in [6.45, 7) is 1.47. The van der Waals surface area contributed by atoms with Crippen LogP contribution in [0.25, 0.3) is 0 Å². The molecule has 0 amide bonds. The Morgan fingerprint density at radius 1 is 1.25 bits per heavy atom. The number of aromatic nitrogens is 3. The molecule has 2 heterocycles. The Morgan fingerprint density at radius 2 is 1.96 bits per heavy atom. The van der Waals surface area contributed by atoms with E-state index in [0.717, 1.165) is 17.9 Å². The van der Waals surface area contributed by atoms with E-state index in [1.807, 2.05) is 28.4 Å². The van der Waals surface area contributed by atoms with E-state index in [4.69, 9.17) is 17.3 Å². The number of nitrogens with zero attached hydrogens (tertiary/aromatic N) is 3. The Labute approximate surface area is 169 Å². The van der Waals surface area contributed by atoms with Crippen LogP contribution in [0, 0.1) is 16.5 Å². The maximum Gasteiger partial charge on any atom is 0.202 e. The molecular weight excluding hydrogens is 399 g/mol. The zero-order valence-corrected chi connectivity index (χ0v) is 17.6. The van der Waals surface area contributed by atoms with Crippen molar-refractivity contribution in [3.05, 3.63) is 46.2 Å². The maximum absolute atomic E-state index is 13.2. The maximum atomic E-state index is 13.2. The van der Waals surface area contributed by atoms with Crippen molar-refractivity contribution in [2.45, 2.75) is 44.9 Å². The average Bonchev–Trinajstić information content (AvgIpc) is 3.39. The normalized spacial score (nSPS) is 22.4. The third kappa shape index (κ3) is 4.52. The van der Waals surface area contributed by atoms with Gasteiger partial charge in [-0.15, -0.1) is 0 Å². The van der Waals surface area contributed by atoms with Crippen molar-refractivity contribution in [3.63, 3.8) is 0 Å². The molecule has 1 saturated carbocycles. The van der Waals surface area contributed by atoms with Crippen LogP contribution in [-0.2, 0) is 36.5 Å². The summed E-state index contributed by atoms with van der Waals surface area (Å²) in [4.78, 5) is 1.37. The zero-order chi connectivity index (χ0) is 19.9. The summed E-state index contributed by atoms with van der Waals surface area (Å²) in [7, 11) is -0.988. The van der Waals surface area contributed by atoms with Gasteiger partial charge in [-0.3, -0.25) is 0 Å². The predicted octanol–water partition coefficient (Wildman–Crippen LogP) is 1.27. The summed E-state index contributed by atoms with van der Waals surface area (Å²) in [5.41, 5.74) is 1.10. The quantitative estimate of drug-likeness (QED) is 0.679. The first-order valence-corrected chi connectivity index (χ1v) is 12.0. The minimum absolute atomic E-state index is 0.125. The van der Waals surface area contributed by atoms with Gasteiger partial charge in [0.15, 0.2) is 16.5 Å². The molecule has 1 aliphatic heterocycles. The Bertz CT molecular complexity index is 1010. The fourth-order valence-electron chi connectivity index (χ4n) is 3.98. The van der Waals surface area contributed by atoms with Gasteiger partial charge in [0.2, 0.25) is 4.77 Å². The number of hydrogen-bond acceptors (Lipinski definition) is 4. The van der Waals surface area contributed by atoms with Gasteiger partial charge in [0, 0.05) is 31.9 Å². The monoisotopic (exact) mass is 425 g/mol. The third-order valence-corrected chi connectivity index (χ3v) is 8.10. The number of benzene rings is 1. The first-order chi connectivity index (χ1) is 13.3. The Hall–Kier alpha value is -1.58. The molecule has 28 heavy (non-hydrogen) atoms. The molecule has 1 N–H and O–H groups in total. The van der Waals surface area contributed by atoms with Crippen LogP contribution in [0.2, 0.25) is 0 Å². The molecule has 1 unspecified atom stereocenters. The molecule has 4 rings (SSSR count). The van der Waals surface area contributed by atoms with Crippen molar-refractivity contribution < 1.29 is 17.7 Å². The lowest BCUT2D eigenvalue weighted by Gasteiger charge is -2.19. The second-order valence-electron chi connectivity index (χ2n) is 8.12. The largest absolute Gasteiger partial charge is 0.310 e. The van der Waals surface area contributed by atoms with E-state index in [1.165, 1.54) is 29.9 Å². The summed E-state index contributed by atoms with van der Waals surface area (Å²) >= 11 is 5.59. The lowest BCUT2D eigenvalue weighted by molar-refractivity contribution is -0.947. The lowest BCUT2D eigenvalue weighted by Crippen LogP contribution is -3.11. The number of quaternary nitrogens is 1. The van der Waals surface area contributed by atoms with Gasteiger partial charge in [-0.05, 0) is 36.7 Å². The summed E-state index contributed by atoms with van der Waals surface area (Å²) in [6, 6.07) is 7.25. The van der Waals surface area contributed by atoms with Gasteiger partial charge in [0.05, 0.1) is 17.5 Å². The number of nitrogens with one attached hydrogen (secondary N) is 1. The van der Waals surface area contributed by atoms with Crippen LogP contribution in [0.15, 0.2) is 24.3 Å². The van der Waals surface area contributed by atoms with Crippen LogP contribution in [0.3, 0.4) is 0 Å². The molecule has 9 heteroatoms. The Balaban J connectivity index is 1.48. The number of sulfone groups is 1. The van der Waals surface area contributed by atoms with E-state index in [1.54, 1.807) is 0 Å².